The molecule has 10 rings (SSSR count). The molecule has 0 amide bonds. The lowest BCUT2D eigenvalue weighted by molar-refractivity contribution is 0.669. The van der Waals surface area contributed by atoms with E-state index in [4.69, 9.17) is 4.42 Å². The normalized spacial score (nSPS) is 11.6. The van der Waals surface area contributed by atoms with E-state index in [0.29, 0.717) is 0 Å². The van der Waals surface area contributed by atoms with Crippen molar-refractivity contribution in [2.24, 2.45) is 0 Å². The summed E-state index contributed by atoms with van der Waals surface area (Å²) in [5, 5.41) is 9.72. The third-order valence-corrected chi connectivity index (χ3v) is 10.0. The van der Waals surface area contributed by atoms with Crippen molar-refractivity contribution in [3.63, 3.8) is 0 Å². The van der Waals surface area contributed by atoms with E-state index in [1.807, 2.05) is 0 Å². The largest absolute Gasteiger partial charge is 0.454 e. The minimum atomic E-state index is 0.871. The molecule has 1 aromatic heterocycles. The molecule has 2 nitrogen and oxygen atoms in total. The summed E-state index contributed by atoms with van der Waals surface area (Å²) < 4.78 is 6.75. The van der Waals surface area contributed by atoms with Gasteiger partial charge < -0.3 is 9.32 Å². The van der Waals surface area contributed by atoms with Crippen molar-refractivity contribution in [1.29, 1.82) is 0 Å². The van der Waals surface area contributed by atoms with Crippen molar-refractivity contribution in [3.05, 3.63) is 188 Å². The number of rotatable bonds is 5. The number of fused-ring (bicyclic) bond motifs is 8. The van der Waals surface area contributed by atoms with Crippen molar-refractivity contribution in [2.45, 2.75) is 0 Å². The summed E-state index contributed by atoms with van der Waals surface area (Å²) in [6.07, 6.45) is 0. The fourth-order valence-electron chi connectivity index (χ4n) is 7.67. The van der Waals surface area contributed by atoms with Crippen LogP contribution < -0.4 is 4.90 Å². The molecule has 0 bridgehead atoms. The van der Waals surface area contributed by atoms with Gasteiger partial charge in [0.2, 0.25) is 0 Å². The number of furan rings is 1. The molecule has 50 heavy (non-hydrogen) atoms. The zero-order valence-electron chi connectivity index (χ0n) is 27.3. The monoisotopic (exact) mass is 637 g/mol. The number of para-hydroxylation sites is 1. The van der Waals surface area contributed by atoms with Gasteiger partial charge in [-0.25, -0.2) is 0 Å². The maximum atomic E-state index is 6.75. The van der Waals surface area contributed by atoms with Gasteiger partial charge >= 0.3 is 0 Å². The zero-order chi connectivity index (χ0) is 33.0. The average Bonchev–Trinajstić information content (AvgIpc) is 3.59. The van der Waals surface area contributed by atoms with Gasteiger partial charge in [-0.15, -0.1) is 0 Å². The summed E-state index contributed by atoms with van der Waals surface area (Å²) in [5.41, 5.74) is 9.68. The predicted octanol–water partition coefficient (Wildman–Crippen LogP) is 13.8. The van der Waals surface area contributed by atoms with Crippen molar-refractivity contribution in [2.75, 3.05) is 4.90 Å². The van der Waals surface area contributed by atoms with Crippen LogP contribution in [-0.4, -0.2) is 0 Å². The van der Waals surface area contributed by atoms with E-state index in [2.05, 4.69) is 193 Å². The lowest BCUT2D eigenvalue weighted by Crippen LogP contribution is -2.10. The topological polar surface area (TPSA) is 16.4 Å². The average molecular weight is 638 g/mol. The van der Waals surface area contributed by atoms with E-state index in [-0.39, 0.29) is 0 Å². The van der Waals surface area contributed by atoms with Gasteiger partial charge in [0.25, 0.3) is 0 Å². The molecule has 2 heteroatoms. The number of nitrogens with zero attached hydrogens (tertiary/aromatic N) is 1. The maximum absolute atomic E-state index is 6.75. The van der Waals surface area contributed by atoms with Crippen LogP contribution in [0.1, 0.15) is 0 Å². The minimum absolute atomic E-state index is 0.871. The van der Waals surface area contributed by atoms with E-state index in [0.717, 1.165) is 39.0 Å². The molecule has 0 saturated carbocycles. The molecule has 0 spiro atoms. The summed E-state index contributed by atoms with van der Waals surface area (Å²) in [7, 11) is 0. The van der Waals surface area contributed by atoms with Gasteiger partial charge in [0.15, 0.2) is 5.58 Å². The van der Waals surface area contributed by atoms with E-state index < -0.39 is 0 Å². The van der Waals surface area contributed by atoms with Gasteiger partial charge in [0.05, 0.1) is 5.69 Å². The number of anilines is 3. The molecule has 234 valence electrons. The molecule has 0 fully saturated rings. The first kappa shape index (κ1) is 28.4. The lowest BCUT2D eigenvalue weighted by Gasteiger charge is -2.26. The fourth-order valence-corrected chi connectivity index (χ4v) is 7.67. The lowest BCUT2D eigenvalue weighted by atomic mass is 9.93. The second kappa shape index (κ2) is 11.5. The Bertz CT molecular complexity index is 2850. The van der Waals surface area contributed by atoms with Crippen molar-refractivity contribution >= 4 is 71.3 Å². The van der Waals surface area contributed by atoms with Gasteiger partial charge in [-0.3, -0.25) is 0 Å². The quantitative estimate of drug-likeness (QED) is 0.175. The van der Waals surface area contributed by atoms with Crippen molar-refractivity contribution in [3.8, 4) is 22.3 Å². The summed E-state index contributed by atoms with van der Waals surface area (Å²) in [6.45, 7) is 0. The van der Waals surface area contributed by atoms with Crippen molar-refractivity contribution in [1.82, 2.24) is 0 Å². The highest BCUT2D eigenvalue weighted by Gasteiger charge is 2.21. The molecular formula is C48H31NO. The molecule has 9 aromatic carbocycles. The first-order valence-electron chi connectivity index (χ1n) is 17.1. The molecule has 0 aliphatic heterocycles. The molecule has 0 aliphatic rings. The van der Waals surface area contributed by atoms with E-state index in [1.54, 1.807) is 0 Å². The Balaban J connectivity index is 1.16. The second-order valence-corrected chi connectivity index (χ2v) is 12.9. The Labute approximate surface area is 290 Å². The number of benzene rings is 9. The second-order valence-electron chi connectivity index (χ2n) is 12.9. The number of hydrogen-bond donors (Lipinski definition) is 0. The van der Waals surface area contributed by atoms with E-state index in [9.17, 15) is 0 Å². The van der Waals surface area contributed by atoms with E-state index in [1.165, 1.54) is 54.6 Å². The van der Waals surface area contributed by atoms with Crippen LogP contribution in [0.3, 0.4) is 0 Å². The highest BCUT2D eigenvalue weighted by Crippen LogP contribution is 2.45. The standard InChI is InChI=1S/C48H31NO/c1-2-11-32(12-3-1)33-21-26-37(27-22-33)49(45-20-10-19-43-47-40-16-7-4-13-34(40)25-30-46(47)50-48(43)45)38-28-23-35(24-29-38)44-31-36-14-5-6-15-39(36)41-17-8-9-18-42(41)44/h1-31H. The smallest absolute Gasteiger partial charge is 0.159 e. The van der Waals surface area contributed by atoms with Crippen LogP contribution in [0.5, 0.6) is 0 Å². The maximum Gasteiger partial charge on any atom is 0.159 e. The van der Waals surface area contributed by atoms with Gasteiger partial charge in [-0.1, -0.05) is 146 Å². The van der Waals surface area contributed by atoms with Crippen LogP contribution in [-0.2, 0) is 0 Å². The molecule has 1 heterocycles. The summed E-state index contributed by atoms with van der Waals surface area (Å²) >= 11 is 0. The van der Waals surface area contributed by atoms with Gasteiger partial charge in [-0.05, 0) is 97.0 Å². The third kappa shape index (κ3) is 4.57. The Morgan fingerprint density at radius 1 is 0.360 bits per heavy atom. The van der Waals surface area contributed by atoms with Crippen LogP contribution in [0.2, 0.25) is 0 Å². The summed E-state index contributed by atoms with van der Waals surface area (Å²) in [6, 6.07) is 67.4. The van der Waals surface area contributed by atoms with Crippen LogP contribution >= 0.6 is 0 Å². The Kier molecular flexibility index (Phi) is 6.53. The summed E-state index contributed by atoms with van der Waals surface area (Å²) in [4.78, 5) is 2.32. The van der Waals surface area contributed by atoms with Crippen molar-refractivity contribution < 1.29 is 4.42 Å². The van der Waals surface area contributed by atoms with Crippen LogP contribution in [0, 0.1) is 0 Å². The van der Waals surface area contributed by atoms with Gasteiger partial charge in [0.1, 0.15) is 5.58 Å². The van der Waals surface area contributed by atoms with Crippen LogP contribution in [0.25, 0.3) is 76.5 Å². The highest BCUT2D eigenvalue weighted by molar-refractivity contribution is 6.21. The van der Waals surface area contributed by atoms with Crippen LogP contribution in [0.4, 0.5) is 17.1 Å². The molecule has 0 saturated heterocycles. The highest BCUT2D eigenvalue weighted by atomic mass is 16.3. The Morgan fingerprint density at radius 2 is 0.940 bits per heavy atom. The first-order chi connectivity index (χ1) is 24.8. The minimum Gasteiger partial charge on any atom is -0.454 e. The summed E-state index contributed by atoms with van der Waals surface area (Å²) in [5.74, 6) is 0. The fraction of sp³-hybridized carbons (Fsp3) is 0. The SMILES string of the molecule is c1ccc(-c2ccc(N(c3ccc(-c4cc5ccccc5c5ccccc45)cc3)c3cccc4c3oc3ccc5ccccc5c34)cc2)cc1. The van der Waals surface area contributed by atoms with E-state index >= 15 is 0 Å². The zero-order valence-corrected chi connectivity index (χ0v) is 27.3. The molecule has 0 unspecified atom stereocenters. The van der Waals surface area contributed by atoms with Gasteiger partial charge in [-0.2, -0.15) is 0 Å². The van der Waals surface area contributed by atoms with Gasteiger partial charge in [0, 0.05) is 22.1 Å². The third-order valence-electron chi connectivity index (χ3n) is 10.0. The molecule has 0 atom stereocenters. The first-order valence-corrected chi connectivity index (χ1v) is 17.1. The molecular weight excluding hydrogens is 607 g/mol. The molecule has 10 aromatic rings. The van der Waals surface area contributed by atoms with Crippen LogP contribution in [0.15, 0.2) is 192 Å². The Morgan fingerprint density at radius 3 is 1.70 bits per heavy atom. The Hall–Kier alpha value is -6.64. The predicted molar refractivity (Wildman–Crippen MR) is 212 cm³/mol. The molecule has 0 radical (unpaired) electrons. The molecule has 0 N–H and O–H groups in total. The molecule has 0 aliphatic carbocycles. The number of hydrogen-bond acceptors (Lipinski definition) is 2.